The van der Waals surface area contributed by atoms with Crippen molar-refractivity contribution in [1.82, 2.24) is 4.90 Å². The highest BCUT2D eigenvalue weighted by Crippen LogP contribution is 2.46. The number of methoxy groups -OCH3 is 1. The third kappa shape index (κ3) is 6.45. The summed E-state index contributed by atoms with van der Waals surface area (Å²) in [5.74, 6) is 0. The second-order valence-corrected chi connectivity index (χ2v) is 4.74. The molecule has 2 rings (SSSR count). The van der Waals surface area contributed by atoms with E-state index in [9.17, 15) is 8.78 Å². The van der Waals surface area contributed by atoms with Crippen LogP contribution in [0.15, 0.2) is 12.2 Å². The van der Waals surface area contributed by atoms with Crippen LogP contribution in [-0.2, 0) is 4.74 Å². The standard InChI is InChI=1S/C11H19NO.C2H6.CH2F2/c1-10-3-6-12(7-10)8-11(4-5-11)9-13-2;1-2;2-1-3/h1,3-9H2,2H3;1-2H3;1H2. The molecule has 4 heteroatoms. The first-order valence-corrected chi connectivity index (χ1v) is 6.66. The van der Waals surface area contributed by atoms with Crippen molar-refractivity contribution in [3.63, 3.8) is 0 Å². The predicted molar refractivity (Wildman–Crippen MR) is 72.2 cm³/mol. The summed E-state index contributed by atoms with van der Waals surface area (Å²) in [5, 5.41) is 0. The fourth-order valence-corrected chi connectivity index (χ4v) is 2.23. The van der Waals surface area contributed by atoms with Crippen LogP contribution < -0.4 is 0 Å². The summed E-state index contributed by atoms with van der Waals surface area (Å²) in [6, 6.07) is 0. The van der Waals surface area contributed by atoms with E-state index in [1.807, 2.05) is 21.0 Å². The molecule has 0 atom stereocenters. The molecule has 1 heterocycles. The van der Waals surface area contributed by atoms with Crippen LogP contribution in [0.3, 0.4) is 0 Å². The monoisotopic (exact) mass is 263 g/mol. The molecule has 1 aliphatic carbocycles. The molecule has 0 aromatic heterocycles. The number of nitrogens with zero attached hydrogens (tertiary/aromatic N) is 1. The Morgan fingerprint density at radius 3 is 2.22 bits per heavy atom. The number of halogens is 2. The van der Waals surface area contributed by atoms with E-state index in [0.29, 0.717) is 5.41 Å². The van der Waals surface area contributed by atoms with Gasteiger partial charge < -0.3 is 4.74 Å². The Labute approximate surface area is 110 Å². The summed E-state index contributed by atoms with van der Waals surface area (Å²) in [6.45, 7) is 10.8. The number of alkyl halides is 2. The average molecular weight is 263 g/mol. The number of likely N-dealkylation sites (tertiary alicyclic amines) is 1. The number of hydrogen-bond donors (Lipinski definition) is 0. The highest BCUT2D eigenvalue weighted by Gasteiger charge is 2.44. The Hall–Kier alpha value is -0.480. The fraction of sp³-hybridized carbons (Fsp3) is 0.857. The lowest BCUT2D eigenvalue weighted by Crippen LogP contribution is -2.30. The van der Waals surface area contributed by atoms with Gasteiger partial charge in [0.25, 0.3) is 0 Å². The Morgan fingerprint density at radius 2 is 1.89 bits per heavy atom. The summed E-state index contributed by atoms with van der Waals surface area (Å²) in [7, 11) is 1.81. The van der Waals surface area contributed by atoms with Gasteiger partial charge in [0.2, 0.25) is 6.93 Å². The van der Waals surface area contributed by atoms with Crippen LogP contribution in [0.25, 0.3) is 0 Å². The van der Waals surface area contributed by atoms with E-state index < -0.39 is 6.93 Å². The largest absolute Gasteiger partial charge is 0.384 e. The van der Waals surface area contributed by atoms with Gasteiger partial charge in [0, 0.05) is 32.2 Å². The maximum Gasteiger partial charge on any atom is 0.229 e. The highest BCUT2D eigenvalue weighted by molar-refractivity contribution is 5.06. The average Bonchev–Trinajstić information content (AvgIpc) is 2.98. The van der Waals surface area contributed by atoms with E-state index >= 15 is 0 Å². The normalized spacial score (nSPS) is 20.6. The van der Waals surface area contributed by atoms with Crippen LogP contribution in [0.1, 0.15) is 33.1 Å². The summed E-state index contributed by atoms with van der Waals surface area (Å²) < 4.78 is 24.5. The van der Waals surface area contributed by atoms with Gasteiger partial charge in [-0.1, -0.05) is 26.0 Å². The topological polar surface area (TPSA) is 12.5 Å². The summed E-state index contributed by atoms with van der Waals surface area (Å²) in [5.41, 5.74) is 1.91. The van der Waals surface area contributed by atoms with Gasteiger partial charge in [0.15, 0.2) is 0 Å². The van der Waals surface area contributed by atoms with E-state index in [0.717, 1.165) is 13.2 Å². The molecule has 2 fully saturated rings. The molecule has 0 amide bonds. The van der Waals surface area contributed by atoms with Gasteiger partial charge in [-0.3, -0.25) is 4.90 Å². The van der Waals surface area contributed by atoms with E-state index in [2.05, 4.69) is 11.5 Å². The smallest absolute Gasteiger partial charge is 0.229 e. The van der Waals surface area contributed by atoms with Gasteiger partial charge in [-0.2, -0.15) is 0 Å². The first-order chi connectivity index (χ1) is 8.65. The molecular weight excluding hydrogens is 236 g/mol. The molecule has 0 spiro atoms. The zero-order valence-corrected chi connectivity index (χ0v) is 12.0. The van der Waals surface area contributed by atoms with Crippen molar-refractivity contribution in [2.24, 2.45) is 5.41 Å². The molecule has 1 aliphatic heterocycles. The quantitative estimate of drug-likeness (QED) is 0.719. The Balaban J connectivity index is 0.000000509. The van der Waals surface area contributed by atoms with Crippen molar-refractivity contribution in [3.8, 4) is 0 Å². The van der Waals surface area contributed by atoms with E-state index in [1.165, 1.54) is 37.9 Å². The molecular formula is C14H27F2NO. The van der Waals surface area contributed by atoms with Crippen molar-refractivity contribution in [1.29, 1.82) is 0 Å². The van der Waals surface area contributed by atoms with Gasteiger partial charge in [0.1, 0.15) is 0 Å². The molecule has 0 N–H and O–H groups in total. The molecule has 1 saturated heterocycles. The van der Waals surface area contributed by atoms with E-state index in [-0.39, 0.29) is 0 Å². The molecule has 2 nitrogen and oxygen atoms in total. The van der Waals surface area contributed by atoms with Crippen LogP contribution in [0.5, 0.6) is 0 Å². The fourth-order valence-electron chi connectivity index (χ4n) is 2.23. The first-order valence-electron chi connectivity index (χ1n) is 6.66. The maximum absolute atomic E-state index is 9.62. The lowest BCUT2D eigenvalue weighted by Gasteiger charge is -2.21. The third-order valence-electron chi connectivity index (χ3n) is 3.20. The minimum atomic E-state index is -1.75. The highest BCUT2D eigenvalue weighted by atomic mass is 19.3. The minimum absolute atomic E-state index is 0.513. The maximum atomic E-state index is 9.62. The first kappa shape index (κ1) is 17.5. The summed E-state index contributed by atoms with van der Waals surface area (Å²) in [6.07, 6.45) is 3.90. The Morgan fingerprint density at radius 1 is 1.33 bits per heavy atom. The minimum Gasteiger partial charge on any atom is -0.384 e. The predicted octanol–water partition coefficient (Wildman–Crippen LogP) is 3.58. The summed E-state index contributed by atoms with van der Waals surface area (Å²) in [4.78, 5) is 2.52. The van der Waals surface area contributed by atoms with Crippen LogP contribution >= 0.6 is 0 Å². The Kier molecular flexibility index (Phi) is 9.20. The molecule has 0 aromatic rings. The summed E-state index contributed by atoms with van der Waals surface area (Å²) >= 11 is 0. The molecule has 0 radical (unpaired) electrons. The molecule has 1 saturated carbocycles. The molecule has 108 valence electrons. The van der Waals surface area contributed by atoms with E-state index in [4.69, 9.17) is 4.74 Å². The second-order valence-electron chi connectivity index (χ2n) is 4.74. The molecule has 0 unspecified atom stereocenters. The van der Waals surface area contributed by atoms with Crippen molar-refractivity contribution in [3.05, 3.63) is 12.2 Å². The number of ether oxygens (including phenoxy) is 1. The van der Waals surface area contributed by atoms with Crippen molar-refractivity contribution < 1.29 is 13.5 Å². The van der Waals surface area contributed by atoms with Crippen molar-refractivity contribution >= 4 is 0 Å². The van der Waals surface area contributed by atoms with E-state index in [1.54, 1.807) is 0 Å². The lowest BCUT2D eigenvalue weighted by molar-refractivity contribution is 0.116. The van der Waals surface area contributed by atoms with Gasteiger partial charge >= 0.3 is 0 Å². The van der Waals surface area contributed by atoms with Crippen LogP contribution in [0.4, 0.5) is 8.78 Å². The second kappa shape index (κ2) is 9.45. The van der Waals surface area contributed by atoms with Crippen molar-refractivity contribution in [2.75, 3.05) is 40.3 Å². The van der Waals surface area contributed by atoms with Crippen LogP contribution in [-0.4, -0.2) is 45.2 Å². The zero-order chi connectivity index (χ0) is 14.0. The van der Waals surface area contributed by atoms with Crippen molar-refractivity contribution in [2.45, 2.75) is 33.1 Å². The van der Waals surface area contributed by atoms with Gasteiger partial charge in [-0.25, -0.2) is 8.78 Å². The molecule has 0 bridgehead atoms. The Bertz CT molecular complexity index is 230. The number of rotatable bonds is 4. The SMILES string of the molecule is C=C1CCN(CC2(COC)CC2)C1.CC.FCF. The van der Waals surface area contributed by atoms with Crippen LogP contribution in [0, 0.1) is 5.41 Å². The molecule has 2 aliphatic rings. The van der Waals surface area contributed by atoms with Gasteiger partial charge in [-0.05, 0) is 19.3 Å². The van der Waals surface area contributed by atoms with Crippen LogP contribution in [0.2, 0.25) is 0 Å². The zero-order valence-electron chi connectivity index (χ0n) is 12.0. The lowest BCUT2D eigenvalue weighted by atomic mass is 10.1. The molecule has 18 heavy (non-hydrogen) atoms. The molecule has 0 aromatic carbocycles. The van der Waals surface area contributed by atoms with Gasteiger partial charge in [0.05, 0.1) is 6.61 Å². The number of hydrogen-bond acceptors (Lipinski definition) is 2. The third-order valence-corrected chi connectivity index (χ3v) is 3.20. The van der Waals surface area contributed by atoms with Gasteiger partial charge in [-0.15, -0.1) is 0 Å².